The number of rotatable bonds is 2. The Morgan fingerprint density at radius 1 is 1.50 bits per heavy atom. The Labute approximate surface area is 106 Å². The quantitative estimate of drug-likeness (QED) is 0.871. The van der Waals surface area contributed by atoms with Gasteiger partial charge in [0.1, 0.15) is 11.9 Å². The molecule has 1 aliphatic rings. The van der Waals surface area contributed by atoms with Gasteiger partial charge in [-0.15, -0.1) is 0 Å². The maximum absolute atomic E-state index is 13.1. The van der Waals surface area contributed by atoms with Gasteiger partial charge in [-0.05, 0) is 37.0 Å². The number of nitriles is 1. The molecule has 4 heteroatoms. The van der Waals surface area contributed by atoms with Crippen molar-refractivity contribution in [2.24, 2.45) is 11.8 Å². The SMILES string of the molecule is CC1CCCC1C(=O)Nc1ccc(F)c(C#N)c1. The second-order valence-electron chi connectivity index (χ2n) is 4.81. The summed E-state index contributed by atoms with van der Waals surface area (Å²) in [5, 5.41) is 11.5. The third-order valence-corrected chi connectivity index (χ3v) is 3.55. The van der Waals surface area contributed by atoms with E-state index in [4.69, 9.17) is 5.26 Å². The fraction of sp³-hybridized carbons (Fsp3) is 0.429. The van der Waals surface area contributed by atoms with Crippen LogP contribution in [0.15, 0.2) is 18.2 Å². The molecule has 3 nitrogen and oxygen atoms in total. The highest BCUT2D eigenvalue weighted by Gasteiger charge is 2.29. The minimum absolute atomic E-state index is 0.0283. The molecule has 2 rings (SSSR count). The van der Waals surface area contributed by atoms with E-state index in [-0.39, 0.29) is 17.4 Å². The van der Waals surface area contributed by atoms with Gasteiger partial charge in [-0.3, -0.25) is 4.79 Å². The first kappa shape index (κ1) is 12.6. The maximum atomic E-state index is 13.1. The number of nitrogens with zero attached hydrogens (tertiary/aromatic N) is 1. The Kier molecular flexibility index (Phi) is 3.61. The standard InChI is InChI=1S/C14H15FN2O/c1-9-3-2-4-12(9)14(18)17-11-5-6-13(15)10(7-11)8-16/h5-7,9,12H,2-4H2,1H3,(H,17,18). The van der Waals surface area contributed by atoms with Crippen molar-refractivity contribution in [3.63, 3.8) is 0 Å². The molecule has 0 bridgehead atoms. The maximum Gasteiger partial charge on any atom is 0.227 e. The highest BCUT2D eigenvalue weighted by molar-refractivity contribution is 5.93. The van der Waals surface area contributed by atoms with E-state index >= 15 is 0 Å². The number of amides is 1. The van der Waals surface area contributed by atoms with Gasteiger partial charge in [-0.2, -0.15) is 5.26 Å². The lowest BCUT2D eigenvalue weighted by Gasteiger charge is -2.15. The molecule has 1 aromatic rings. The van der Waals surface area contributed by atoms with Gasteiger partial charge < -0.3 is 5.32 Å². The molecule has 0 saturated heterocycles. The molecule has 1 fully saturated rings. The Hall–Kier alpha value is -1.89. The van der Waals surface area contributed by atoms with Crippen molar-refractivity contribution in [3.05, 3.63) is 29.6 Å². The number of benzene rings is 1. The molecule has 2 atom stereocenters. The van der Waals surface area contributed by atoms with Gasteiger partial charge in [-0.1, -0.05) is 13.3 Å². The van der Waals surface area contributed by atoms with Crippen molar-refractivity contribution in [1.29, 1.82) is 5.26 Å². The van der Waals surface area contributed by atoms with Gasteiger partial charge in [0, 0.05) is 11.6 Å². The van der Waals surface area contributed by atoms with Crippen molar-refractivity contribution in [2.75, 3.05) is 5.32 Å². The number of hydrogen-bond donors (Lipinski definition) is 1. The number of nitrogens with one attached hydrogen (secondary N) is 1. The number of carbonyl (C=O) groups is 1. The van der Waals surface area contributed by atoms with Gasteiger partial charge in [-0.25, -0.2) is 4.39 Å². The van der Waals surface area contributed by atoms with Crippen molar-refractivity contribution in [1.82, 2.24) is 0 Å². The number of carbonyl (C=O) groups excluding carboxylic acids is 1. The van der Waals surface area contributed by atoms with Crippen LogP contribution >= 0.6 is 0 Å². The number of hydrogen-bond acceptors (Lipinski definition) is 2. The lowest BCUT2D eigenvalue weighted by atomic mass is 9.97. The second kappa shape index (κ2) is 5.18. The summed E-state index contributed by atoms with van der Waals surface area (Å²) in [5.41, 5.74) is 0.435. The highest BCUT2D eigenvalue weighted by atomic mass is 19.1. The van der Waals surface area contributed by atoms with E-state index in [2.05, 4.69) is 12.2 Å². The average Bonchev–Trinajstić information content (AvgIpc) is 2.78. The van der Waals surface area contributed by atoms with Crippen LogP contribution in [0.4, 0.5) is 10.1 Å². The van der Waals surface area contributed by atoms with Crippen LogP contribution in [0.5, 0.6) is 0 Å². The molecule has 1 aromatic carbocycles. The fourth-order valence-electron chi connectivity index (χ4n) is 2.46. The summed E-state index contributed by atoms with van der Waals surface area (Å²) in [4.78, 5) is 12.0. The van der Waals surface area contributed by atoms with E-state index < -0.39 is 5.82 Å². The zero-order chi connectivity index (χ0) is 13.1. The molecular formula is C14H15FN2O. The third kappa shape index (κ3) is 2.51. The second-order valence-corrected chi connectivity index (χ2v) is 4.81. The molecule has 2 unspecified atom stereocenters. The van der Waals surface area contributed by atoms with Gasteiger partial charge in [0.25, 0.3) is 0 Å². The molecule has 0 spiro atoms. The topological polar surface area (TPSA) is 52.9 Å². The van der Waals surface area contributed by atoms with Crippen LogP contribution in [0, 0.1) is 29.0 Å². The first-order chi connectivity index (χ1) is 8.61. The van der Waals surface area contributed by atoms with Crippen molar-refractivity contribution >= 4 is 11.6 Å². The smallest absolute Gasteiger partial charge is 0.227 e. The normalized spacial score (nSPS) is 22.5. The monoisotopic (exact) mass is 246 g/mol. The van der Waals surface area contributed by atoms with Crippen LogP contribution in [0.25, 0.3) is 0 Å². The Balaban J connectivity index is 2.10. The zero-order valence-corrected chi connectivity index (χ0v) is 10.2. The zero-order valence-electron chi connectivity index (χ0n) is 10.2. The molecule has 94 valence electrons. The lowest BCUT2D eigenvalue weighted by Crippen LogP contribution is -2.24. The van der Waals surface area contributed by atoms with Crippen LogP contribution in [0.1, 0.15) is 31.7 Å². The van der Waals surface area contributed by atoms with Gasteiger partial charge in [0.15, 0.2) is 0 Å². The Bertz CT molecular complexity index is 507. The summed E-state index contributed by atoms with van der Waals surface area (Å²) in [6, 6.07) is 5.81. The predicted octanol–water partition coefficient (Wildman–Crippen LogP) is 3.07. The average molecular weight is 246 g/mol. The van der Waals surface area contributed by atoms with E-state index in [0.717, 1.165) is 19.3 Å². The molecule has 18 heavy (non-hydrogen) atoms. The lowest BCUT2D eigenvalue weighted by molar-refractivity contribution is -0.120. The molecule has 0 aliphatic heterocycles. The summed E-state index contributed by atoms with van der Waals surface area (Å²) in [6.07, 6.45) is 3.05. The largest absolute Gasteiger partial charge is 0.326 e. The molecule has 1 amide bonds. The molecule has 1 saturated carbocycles. The molecule has 1 aliphatic carbocycles. The van der Waals surface area contributed by atoms with E-state index in [1.165, 1.54) is 18.2 Å². The van der Waals surface area contributed by atoms with Gasteiger partial charge >= 0.3 is 0 Å². The fourth-order valence-corrected chi connectivity index (χ4v) is 2.46. The van der Waals surface area contributed by atoms with Crippen molar-refractivity contribution in [3.8, 4) is 6.07 Å². The van der Waals surface area contributed by atoms with E-state index in [1.54, 1.807) is 6.07 Å². The minimum atomic E-state index is -0.565. The van der Waals surface area contributed by atoms with E-state index in [1.807, 2.05) is 0 Å². The summed E-state index contributed by atoms with van der Waals surface area (Å²) in [5.74, 6) is -0.179. The number of halogens is 1. The van der Waals surface area contributed by atoms with Gasteiger partial charge in [0.05, 0.1) is 5.56 Å². The van der Waals surface area contributed by atoms with Crippen molar-refractivity contribution < 1.29 is 9.18 Å². The summed E-state index contributed by atoms with van der Waals surface area (Å²) >= 11 is 0. The predicted molar refractivity (Wildman–Crippen MR) is 66.2 cm³/mol. The Morgan fingerprint density at radius 3 is 2.89 bits per heavy atom. The molecule has 0 aromatic heterocycles. The van der Waals surface area contributed by atoms with Crippen LogP contribution in [0.3, 0.4) is 0 Å². The number of anilines is 1. The van der Waals surface area contributed by atoms with Crippen LogP contribution < -0.4 is 5.32 Å². The summed E-state index contributed by atoms with van der Waals surface area (Å²) in [6.45, 7) is 2.07. The van der Waals surface area contributed by atoms with E-state index in [9.17, 15) is 9.18 Å². The summed E-state index contributed by atoms with van der Waals surface area (Å²) in [7, 11) is 0. The first-order valence-corrected chi connectivity index (χ1v) is 6.12. The Morgan fingerprint density at radius 2 is 2.28 bits per heavy atom. The molecule has 0 radical (unpaired) electrons. The highest BCUT2D eigenvalue weighted by Crippen LogP contribution is 2.32. The van der Waals surface area contributed by atoms with Crippen LogP contribution in [-0.4, -0.2) is 5.91 Å². The van der Waals surface area contributed by atoms with Crippen LogP contribution in [0.2, 0.25) is 0 Å². The summed E-state index contributed by atoms with van der Waals surface area (Å²) < 4.78 is 13.1. The minimum Gasteiger partial charge on any atom is -0.326 e. The molecular weight excluding hydrogens is 231 g/mol. The van der Waals surface area contributed by atoms with Crippen LogP contribution in [-0.2, 0) is 4.79 Å². The van der Waals surface area contributed by atoms with Gasteiger partial charge in [0.2, 0.25) is 5.91 Å². The van der Waals surface area contributed by atoms with E-state index in [0.29, 0.717) is 11.6 Å². The van der Waals surface area contributed by atoms with Crippen molar-refractivity contribution in [2.45, 2.75) is 26.2 Å². The molecule has 0 heterocycles. The third-order valence-electron chi connectivity index (χ3n) is 3.55. The molecule has 1 N–H and O–H groups in total. The first-order valence-electron chi connectivity index (χ1n) is 6.12.